The standard InChI is InChI=1S/C46H66O17/c1-9-10-11-12-13-14-38(50)61-42-30(21-40(52)57-8)20-33-24-36(27-47)60-41(53)23-31(49)22-34-25-37(58-28(2)48)44(5,6)45(54,62-34)26-35-18-29(19-39(51)56-7)17-32(59-35)15-16-43(3,4)46(42,55)63-33/h11-16,19,21,31-37,42,47,49,54-55H,9-10,17-18,20,22-27H2,1-8H3/b12-11+,14-13+,16-15+,29-19-,30-21+/t31-,32?,33-,34+,35-,36+,37-,42?,45-,46+/m0/s1. The molecular formula is C46H66O17. The minimum absolute atomic E-state index is 0.0751. The van der Waals surface area contributed by atoms with Crippen LogP contribution < -0.4 is 0 Å². The quantitative estimate of drug-likeness (QED) is 0.0844. The van der Waals surface area contributed by atoms with Crippen molar-refractivity contribution in [3.8, 4) is 0 Å². The molecule has 0 spiro atoms. The number of carbonyl (C=O) groups excluding carboxylic acids is 5. The Hall–Kier alpha value is -4.23. The van der Waals surface area contributed by atoms with E-state index >= 15 is 0 Å². The zero-order valence-corrected chi connectivity index (χ0v) is 37.6. The van der Waals surface area contributed by atoms with Gasteiger partial charge in [0.2, 0.25) is 5.79 Å². The lowest BCUT2D eigenvalue weighted by Crippen LogP contribution is -2.62. The van der Waals surface area contributed by atoms with Crippen LogP contribution in [0, 0.1) is 10.8 Å². The van der Waals surface area contributed by atoms with Gasteiger partial charge in [-0.2, -0.15) is 0 Å². The van der Waals surface area contributed by atoms with Crippen molar-refractivity contribution >= 4 is 29.8 Å². The summed E-state index contributed by atoms with van der Waals surface area (Å²) in [6.45, 7) is 9.12. The summed E-state index contributed by atoms with van der Waals surface area (Å²) in [4.78, 5) is 64.4. The van der Waals surface area contributed by atoms with E-state index in [9.17, 15) is 44.4 Å². The van der Waals surface area contributed by atoms with Gasteiger partial charge in [-0.05, 0) is 31.3 Å². The second kappa shape index (κ2) is 22.1. The summed E-state index contributed by atoms with van der Waals surface area (Å²) < 4.78 is 46.4. The fourth-order valence-corrected chi connectivity index (χ4v) is 8.44. The lowest BCUT2D eigenvalue weighted by molar-refractivity contribution is -0.348. The summed E-state index contributed by atoms with van der Waals surface area (Å²) in [6, 6.07) is 0. The number of rotatable bonds is 9. The molecule has 4 N–H and O–H groups in total. The molecule has 3 saturated heterocycles. The van der Waals surface area contributed by atoms with E-state index in [4.69, 9.17) is 37.9 Å². The highest BCUT2D eigenvalue weighted by Crippen LogP contribution is 2.50. The van der Waals surface area contributed by atoms with Crippen molar-refractivity contribution in [1.82, 2.24) is 0 Å². The molecule has 6 bridgehead atoms. The number of aliphatic hydroxyl groups excluding tert-OH is 2. The van der Waals surface area contributed by atoms with Gasteiger partial charge in [-0.25, -0.2) is 14.4 Å². The lowest BCUT2D eigenvalue weighted by Gasteiger charge is -2.53. The molecule has 2 unspecified atom stereocenters. The number of unbranched alkanes of at least 4 members (excludes halogenated alkanes) is 1. The highest BCUT2D eigenvalue weighted by atomic mass is 16.7. The summed E-state index contributed by atoms with van der Waals surface area (Å²) >= 11 is 0. The Morgan fingerprint density at radius 1 is 0.857 bits per heavy atom. The normalized spacial score (nSPS) is 35.7. The van der Waals surface area contributed by atoms with Gasteiger partial charge >= 0.3 is 29.8 Å². The number of fused-ring (bicyclic) bond motifs is 6. The molecule has 0 aromatic heterocycles. The Morgan fingerprint density at radius 2 is 1.56 bits per heavy atom. The topological polar surface area (TPSA) is 240 Å². The van der Waals surface area contributed by atoms with Gasteiger partial charge in [-0.15, -0.1) is 0 Å². The predicted molar refractivity (Wildman–Crippen MR) is 224 cm³/mol. The summed E-state index contributed by atoms with van der Waals surface area (Å²) in [7, 11) is 2.40. The first kappa shape index (κ1) is 51.4. The molecule has 4 heterocycles. The fourth-order valence-electron chi connectivity index (χ4n) is 8.44. The number of hydrogen-bond acceptors (Lipinski definition) is 17. The molecular weight excluding hydrogens is 824 g/mol. The largest absolute Gasteiger partial charge is 0.466 e. The first-order valence-electron chi connectivity index (χ1n) is 21.5. The molecule has 0 amide bonds. The maximum Gasteiger partial charge on any atom is 0.331 e. The zero-order valence-electron chi connectivity index (χ0n) is 37.6. The minimum Gasteiger partial charge on any atom is -0.466 e. The van der Waals surface area contributed by atoms with Crippen LogP contribution in [0.1, 0.15) is 106 Å². The molecule has 4 rings (SSSR count). The maximum absolute atomic E-state index is 13.4. The second-order valence-electron chi connectivity index (χ2n) is 17.8. The molecule has 352 valence electrons. The van der Waals surface area contributed by atoms with Crippen LogP contribution in [0.5, 0.6) is 0 Å². The van der Waals surface area contributed by atoms with Gasteiger partial charge in [0.15, 0.2) is 11.9 Å². The van der Waals surface area contributed by atoms with Gasteiger partial charge in [0.1, 0.15) is 12.2 Å². The summed E-state index contributed by atoms with van der Waals surface area (Å²) in [5.74, 6) is -8.29. The van der Waals surface area contributed by atoms with E-state index in [1.54, 1.807) is 45.9 Å². The number of ether oxygens (including phenoxy) is 8. The van der Waals surface area contributed by atoms with Crippen molar-refractivity contribution < 1.29 is 82.3 Å². The summed E-state index contributed by atoms with van der Waals surface area (Å²) in [6.07, 6.45) is 3.95. The van der Waals surface area contributed by atoms with Crippen molar-refractivity contribution in [1.29, 1.82) is 0 Å². The Labute approximate surface area is 369 Å². The number of esters is 5. The van der Waals surface area contributed by atoms with E-state index in [1.807, 2.05) is 13.0 Å². The third-order valence-electron chi connectivity index (χ3n) is 12.1. The lowest BCUT2D eigenvalue weighted by atomic mass is 9.70. The molecule has 4 aliphatic rings. The van der Waals surface area contributed by atoms with Crippen LogP contribution in [0.4, 0.5) is 0 Å². The van der Waals surface area contributed by atoms with E-state index in [0.29, 0.717) is 5.57 Å². The predicted octanol–water partition coefficient (Wildman–Crippen LogP) is 3.89. The Balaban J connectivity index is 1.87. The van der Waals surface area contributed by atoms with Gasteiger partial charge in [-0.1, -0.05) is 77.0 Å². The van der Waals surface area contributed by atoms with Crippen LogP contribution in [-0.4, -0.2) is 132 Å². The highest BCUT2D eigenvalue weighted by Gasteiger charge is 2.59. The monoisotopic (exact) mass is 890 g/mol. The average Bonchev–Trinajstić information content (AvgIpc) is 3.19. The van der Waals surface area contributed by atoms with Crippen molar-refractivity contribution in [2.45, 2.75) is 166 Å². The SMILES string of the molecule is CCC/C=C/C=C/C(=O)OC1/C(=C/C(=O)OC)C[C@H]2C[C@H](CO)OC(=O)C[C@@H](O)C[C@@H]3C[C@H](OC(C)=O)C(C)(C)[C@](O)(C[C@@H]4C/C(=C\C(=O)OC)CC(/C=C/C(C)(C)[C@]1(O)O2)O4)O3. The third kappa shape index (κ3) is 13.4. The Bertz CT molecular complexity index is 1790. The van der Waals surface area contributed by atoms with E-state index < -0.39 is 114 Å². The summed E-state index contributed by atoms with van der Waals surface area (Å²) in [5, 5.41) is 46.9. The number of allylic oxidation sites excluding steroid dienone is 3. The van der Waals surface area contributed by atoms with Gasteiger partial charge in [0, 0.05) is 56.3 Å². The smallest absolute Gasteiger partial charge is 0.331 e. The van der Waals surface area contributed by atoms with Crippen LogP contribution in [0.2, 0.25) is 0 Å². The van der Waals surface area contributed by atoms with E-state index in [0.717, 1.165) is 32.1 Å². The fraction of sp³-hybridized carbons (Fsp3) is 0.674. The van der Waals surface area contributed by atoms with E-state index in [-0.39, 0.29) is 50.5 Å². The van der Waals surface area contributed by atoms with Gasteiger partial charge in [0.05, 0.1) is 63.2 Å². The number of aliphatic hydroxyl groups is 4. The number of methoxy groups -OCH3 is 2. The van der Waals surface area contributed by atoms with Crippen LogP contribution in [0.15, 0.2) is 59.8 Å². The number of hydrogen-bond donors (Lipinski definition) is 4. The molecule has 17 heteroatoms. The molecule has 0 aliphatic carbocycles. The molecule has 3 fully saturated rings. The zero-order chi connectivity index (χ0) is 46.8. The average molecular weight is 891 g/mol. The molecule has 63 heavy (non-hydrogen) atoms. The molecule has 0 aromatic carbocycles. The van der Waals surface area contributed by atoms with E-state index in [1.165, 1.54) is 26.2 Å². The molecule has 0 radical (unpaired) electrons. The first-order chi connectivity index (χ1) is 29.6. The second-order valence-corrected chi connectivity index (χ2v) is 17.8. The minimum atomic E-state index is -2.45. The molecule has 10 atom stereocenters. The molecule has 4 aliphatic heterocycles. The molecule has 0 aromatic rings. The van der Waals surface area contributed by atoms with Crippen LogP contribution in [0.3, 0.4) is 0 Å². The van der Waals surface area contributed by atoms with Gasteiger partial charge < -0.3 is 58.3 Å². The first-order valence-corrected chi connectivity index (χ1v) is 21.5. The number of cyclic esters (lactones) is 1. The molecule has 17 nitrogen and oxygen atoms in total. The maximum atomic E-state index is 13.4. The van der Waals surface area contributed by atoms with Crippen molar-refractivity contribution in [3.05, 3.63) is 59.8 Å². The van der Waals surface area contributed by atoms with Crippen molar-refractivity contribution in [3.63, 3.8) is 0 Å². The van der Waals surface area contributed by atoms with Crippen LogP contribution in [-0.2, 0) is 61.9 Å². The van der Waals surface area contributed by atoms with Crippen LogP contribution in [0.25, 0.3) is 0 Å². The van der Waals surface area contributed by atoms with Gasteiger partial charge in [0.25, 0.3) is 0 Å². The van der Waals surface area contributed by atoms with Crippen molar-refractivity contribution in [2.24, 2.45) is 10.8 Å². The Kier molecular flexibility index (Phi) is 18.0. The van der Waals surface area contributed by atoms with Gasteiger partial charge in [-0.3, -0.25) is 9.59 Å². The van der Waals surface area contributed by atoms with E-state index in [2.05, 4.69) is 0 Å². The van der Waals surface area contributed by atoms with Crippen molar-refractivity contribution in [2.75, 3.05) is 20.8 Å². The Morgan fingerprint density at radius 3 is 2.21 bits per heavy atom. The summed E-state index contributed by atoms with van der Waals surface area (Å²) in [5.41, 5.74) is -2.04. The number of carbonyl (C=O) groups is 5. The molecule has 0 saturated carbocycles. The van der Waals surface area contributed by atoms with Crippen LogP contribution >= 0.6 is 0 Å². The third-order valence-corrected chi connectivity index (χ3v) is 12.1. The highest BCUT2D eigenvalue weighted by molar-refractivity contribution is 5.85.